The summed E-state index contributed by atoms with van der Waals surface area (Å²) in [7, 11) is 1.74. The van der Waals surface area contributed by atoms with Gasteiger partial charge in [0, 0.05) is 29.9 Å². The first kappa shape index (κ1) is 14.2. The molecule has 0 aliphatic heterocycles. The summed E-state index contributed by atoms with van der Waals surface area (Å²) in [6.07, 6.45) is 1.62. The van der Waals surface area contributed by atoms with E-state index < -0.39 is 0 Å². The number of aryl methyl sites for hydroxylation is 2. The predicted octanol–water partition coefficient (Wildman–Crippen LogP) is 2.29. The highest BCUT2D eigenvalue weighted by Gasteiger charge is 2.07. The minimum atomic E-state index is -0.326. The monoisotopic (exact) mass is 293 g/mol. The van der Waals surface area contributed by atoms with Crippen molar-refractivity contribution in [3.63, 3.8) is 0 Å². The standard InChI is InChI=1S/C13H16ClN5O/c1-8-3-4-10(5-11(8)14)18-13(20)16-6-9-7-17-19(2)12(9)15/h3-5,7H,6,15H2,1-2H3,(H2,16,18,20). The fourth-order valence-corrected chi connectivity index (χ4v) is 1.83. The van der Waals surface area contributed by atoms with Crippen molar-refractivity contribution in [3.05, 3.63) is 40.5 Å². The molecule has 0 unspecified atom stereocenters. The van der Waals surface area contributed by atoms with Crippen molar-refractivity contribution in [3.8, 4) is 0 Å². The molecule has 1 heterocycles. The van der Waals surface area contributed by atoms with E-state index in [1.807, 2.05) is 13.0 Å². The Balaban J connectivity index is 1.92. The van der Waals surface area contributed by atoms with E-state index >= 15 is 0 Å². The first-order chi connectivity index (χ1) is 9.47. The van der Waals surface area contributed by atoms with Gasteiger partial charge in [0.15, 0.2) is 0 Å². The van der Waals surface area contributed by atoms with Gasteiger partial charge >= 0.3 is 6.03 Å². The van der Waals surface area contributed by atoms with E-state index in [4.69, 9.17) is 17.3 Å². The molecule has 2 aromatic rings. The second-order valence-electron chi connectivity index (χ2n) is 4.45. The molecular weight excluding hydrogens is 278 g/mol. The summed E-state index contributed by atoms with van der Waals surface area (Å²) in [5, 5.41) is 10.0. The van der Waals surface area contributed by atoms with E-state index in [-0.39, 0.29) is 6.03 Å². The molecular formula is C13H16ClN5O. The second kappa shape index (κ2) is 5.83. The van der Waals surface area contributed by atoms with Gasteiger partial charge in [-0.15, -0.1) is 0 Å². The van der Waals surface area contributed by atoms with E-state index in [1.54, 1.807) is 30.1 Å². The summed E-state index contributed by atoms with van der Waals surface area (Å²) >= 11 is 5.99. The molecule has 2 rings (SSSR count). The second-order valence-corrected chi connectivity index (χ2v) is 4.86. The van der Waals surface area contributed by atoms with Crippen LogP contribution in [0.1, 0.15) is 11.1 Å². The quantitative estimate of drug-likeness (QED) is 0.811. The summed E-state index contributed by atoms with van der Waals surface area (Å²) in [4.78, 5) is 11.8. The van der Waals surface area contributed by atoms with Crippen LogP contribution >= 0.6 is 11.6 Å². The molecule has 0 aliphatic rings. The Morgan fingerprint density at radius 2 is 2.25 bits per heavy atom. The highest BCUT2D eigenvalue weighted by molar-refractivity contribution is 6.31. The summed E-state index contributed by atoms with van der Waals surface area (Å²) in [6, 6.07) is 5.01. The summed E-state index contributed by atoms with van der Waals surface area (Å²) in [5.41, 5.74) is 8.15. The number of halogens is 1. The molecule has 2 amide bonds. The Morgan fingerprint density at radius 1 is 1.50 bits per heavy atom. The average Bonchev–Trinajstić information content (AvgIpc) is 2.72. The number of carbonyl (C=O) groups is 1. The van der Waals surface area contributed by atoms with Gasteiger partial charge in [0.05, 0.1) is 6.20 Å². The fourth-order valence-electron chi connectivity index (χ4n) is 1.65. The third kappa shape index (κ3) is 3.21. The van der Waals surface area contributed by atoms with Gasteiger partial charge in [-0.1, -0.05) is 17.7 Å². The van der Waals surface area contributed by atoms with Crippen LogP contribution in [0.4, 0.5) is 16.3 Å². The normalized spacial score (nSPS) is 10.3. The van der Waals surface area contributed by atoms with Gasteiger partial charge in [0.1, 0.15) is 5.82 Å². The van der Waals surface area contributed by atoms with E-state index in [1.165, 1.54) is 0 Å². The minimum Gasteiger partial charge on any atom is -0.384 e. The Hall–Kier alpha value is -2.21. The lowest BCUT2D eigenvalue weighted by molar-refractivity contribution is 0.252. The Morgan fingerprint density at radius 3 is 2.85 bits per heavy atom. The molecule has 0 saturated carbocycles. The van der Waals surface area contributed by atoms with Crippen molar-refractivity contribution in [2.24, 2.45) is 7.05 Å². The molecule has 0 aliphatic carbocycles. The Kier molecular flexibility index (Phi) is 4.14. The average molecular weight is 294 g/mol. The number of nitrogen functional groups attached to an aromatic ring is 1. The summed E-state index contributed by atoms with van der Waals surface area (Å²) in [6.45, 7) is 2.21. The van der Waals surface area contributed by atoms with Gasteiger partial charge in [-0.25, -0.2) is 4.79 Å². The maximum atomic E-state index is 11.8. The lowest BCUT2D eigenvalue weighted by Crippen LogP contribution is -2.28. The van der Waals surface area contributed by atoms with Crippen LogP contribution in [0.2, 0.25) is 5.02 Å². The van der Waals surface area contributed by atoms with Crippen molar-refractivity contribution in [1.82, 2.24) is 15.1 Å². The molecule has 6 nitrogen and oxygen atoms in total. The first-order valence-corrected chi connectivity index (χ1v) is 6.42. The van der Waals surface area contributed by atoms with Crippen molar-refractivity contribution >= 4 is 29.1 Å². The van der Waals surface area contributed by atoms with Crippen LogP contribution in [0.3, 0.4) is 0 Å². The third-order valence-corrected chi connectivity index (χ3v) is 3.34. The lowest BCUT2D eigenvalue weighted by atomic mass is 10.2. The highest BCUT2D eigenvalue weighted by Crippen LogP contribution is 2.19. The van der Waals surface area contributed by atoms with Gasteiger partial charge in [-0.3, -0.25) is 4.68 Å². The molecule has 0 saturated heterocycles. The number of anilines is 2. The van der Waals surface area contributed by atoms with E-state index in [2.05, 4.69) is 15.7 Å². The minimum absolute atomic E-state index is 0.311. The van der Waals surface area contributed by atoms with Crippen molar-refractivity contribution in [2.75, 3.05) is 11.1 Å². The first-order valence-electron chi connectivity index (χ1n) is 6.04. The van der Waals surface area contributed by atoms with E-state index in [9.17, 15) is 4.79 Å². The van der Waals surface area contributed by atoms with Crippen molar-refractivity contribution in [2.45, 2.75) is 13.5 Å². The molecule has 0 atom stereocenters. The zero-order chi connectivity index (χ0) is 14.7. The molecule has 0 fully saturated rings. The predicted molar refractivity (Wildman–Crippen MR) is 79.7 cm³/mol. The Bertz CT molecular complexity index is 638. The number of nitrogens with two attached hydrogens (primary N) is 1. The SMILES string of the molecule is Cc1ccc(NC(=O)NCc2cnn(C)c2N)cc1Cl. The fraction of sp³-hybridized carbons (Fsp3) is 0.231. The van der Waals surface area contributed by atoms with Gasteiger partial charge in [0.25, 0.3) is 0 Å². The number of amides is 2. The number of hydrogen-bond donors (Lipinski definition) is 3. The van der Waals surface area contributed by atoms with E-state index in [0.29, 0.717) is 23.1 Å². The lowest BCUT2D eigenvalue weighted by Gasteiger charge is -2.08. The van der Waals surface area contributed by atoms with Crippen LogP contribution in [-0.2, 0) is 13.6 Å². The van der Waals surface area contributed by atoms with Crippen LogP contribution in [0.5, 0.6) is 0 Å². The zero-order valence-electron chi connectivity index (χ0n) is 11.3. The maximum absolute atomic E-state index is 11.8. The van der Waals surface area contributed by atoms with Crippen LogP contribution in [0.25, 0.3) is 0 Å². The van der Waals surface area contributed by atoms with Crippen LogP contribution in [0.15, 0.2) is 24.4 Å². The van der Waals surface area contributed by atoms with Crippen LogP contribution in [0, 0.1) is 6.92 Å². The van der Waals surface area contributed by atoms with Crippen molar-refractivity contribution < 1.29 is 4.79 Å². The smallest absolute Gasteiger partial charge is 0.319 e. The number of hydrogen-bond acceptors (Lipinski definition) is 3. The van der Waals surface area contributed by atoms with Gasteiger partial charge < -0.3 is 16.4 Å². The number of rotatable bonds is 3. The topological polar surface area (TPSA) is 85.0 Å². The molecule has 106 valence electrons. The molecule has 1 aromatic heterocycles. The molecule has 7 heteroatoms. The van der Waals surface area contributed by atoms with Gasteiger partial charge in [-0.2, -0.15) is 5.10 Å². The summed E-state index contributed by atoms with van der Waals surface area (Å²) < 4.78 is 1.55. The number of nitrogens with one attached hydrogen (secondary N) is 2. The summed E-state index contributed by atoms with van der Waals surface area (Å²) in [5.74, 6) is 0.531. The number of nitrogens with zero attached hydrogens (tertiary/aromatic N) is 2. The molecule has 20 heavy (non-hydrogen) atoms. The highest BCUT2D eigenvalue weighted by atomic mass is 35.5. The van der Waals surface area contributed by atoms with Gasteiger partial charge in [-0.05, 0) is 24.6 Å². The molecule has 0 spiro atoms. The zero-order valence-corrected chi connectivity index (χ0v) is 12.0. The number of urea groups is 1. The maximum Gasteiger partial charge on any atom is 0.319 e. The molecule has 4 N–H and O–H groups in total. The Labute approximate surface area is 121 Å². The number of benzene rings is 1. The van der Waals surface area contributed by atoms with Crippen molar-refractivity contribution in [1.29, 1.82) is 0 Å². The largest absolute Gasteiger partial charge is 0.384 e. The van der Waals surface area contributed by atoms with Crippen LogP contribution in [-0.4, -0.2) is 15.8 Å². The molecule has 1 aromatic carbocycles. The molecule has 0 radical (unpaired) electrons. The number of aromatic nitrogens is 2. The number of carbonyl (C=O) groups excluding carboxylic acids is 1. The third-order valence-electron chi connectivity index (χ3n) is 2.93. The molecule has 0 bridgehead atoms. The van der Waals surface area contributed by atoms with Gasteiger partial charge in [0.2, 0.25) is 0 Å². The van der Waals surface area contributed by atoms with E-state index in [0.717, 1.165) is 11.1 Å². The van der Waals surface area contributed by atoms with Crippen LogP contribution < -0.4 is 16.4 Å².